The molecule has 3 aromatic rings. The standard InChI is InChI=1S/C21H23N3O4S2/c1-14(17-8-4-6-16-5-2-3-7-18(16)17)22-19(25)12-29-21-24-23-20(28-21)11-15-9-10-30(26,27)13-15/h2-8,14-15H,9-13H2,1H3,(H,22,25)/t14-,15+/m1/s1. The number of sulfone groups is 1. The molecule has 30 heavy (non-hydrogen) atoms. The summed E-state index contributed by atoms with van der Waals surface area (Å²) >= 11 is 1.18. The maximum Gasteiger partial charge on any atom is 0.277 e. The molecule has 2 heterocycles. The first kappa shape index (κ1) is 20.9. The normalized spacial score (nSPS) is 19.0. The van der Waals surface area contributed by atoms with Crippen molar-refractivity contribution in [2.75, 3.05) is 17.3 Å². The first-order valence-electron chi connectivity index (χ1n) is 9.82. The second-order valence-corrected chi connectivity index (χ2v) is 10.7. The zero-order chi connectivity index (χ0) is 21.1. The molecule has 158 valence electrons. The monoisotopic (exact) mass is 445 g/mol. The number of amides is 1. The van der Waals surface area contributed by atoms with Gasteiger partial charge in [-0.2, -0.15) is 0 Å². The van der Waals surface area contributed by atoms with Crippen molar-refractivity contribution < 1.29 is 17.6 Å². The Morgan fingerprint density at radius 3 is 2.83 bits per heavy atom. The van der Waals surface area contributed by atoms with Crippen LogP contribution in [0.1, 0.15) is 30.8 Å². The Morgan fingerprint density at radius 2 is 2.03 bits per heavy atom. The SMILES string of the molecule is C[C@@H](NC(=O)CSc1nnc(C[C@@H]2CCS(=O)(=O)C2)o1)c1cccc2ccccc12. The molecular weight excluding hydrogens is 422 g/mol. The van der Waals surface area contributed by atoms with Crippen LogP contribution >= 0.6 is 11.8 Å². The molecule has 0 spiro atoms. The zero-order valence-electron chi connectivity index (χ0n) is 16.6. The van der Waals surface area contributed by atoms with Crippen LogP contribution in [0.25, 0.3) is 10.8 Å². The minimum absolute atomic E-state index is 0.0261. The number of carbonyl (C=O) groups excluding carboxylic acids is 1. The summed E-state index contributed by atoms with van der Waals surface area (Å²) in [5.41, 5.74) is 1.07. The van der Waals surface area contributed by atoms with Crippen LogP contribution in [-0.4, -0.2) is 41.8 Å². The summed E-state index contributed by atoms with van der Waals surface area (Å²) in [6.07, 6.45) is 1.08. The third-order valence-corrected chi connectivity index (χ3v) is 7.89. The Morgan fingerprint density at radius 1 is 1.23 bits per heavy atom. The molecule has 9 heteroatoms. The van der Waals surface area contributed by atoms with Gasteiger partial charge in [0, 0.05) is 6.42 Å². The molecule has 2 aromatic carbocycles. The van der Waals surface area contributed by atoms with E-state index in [0.717, 1.165) is 16.3 Å². The second-order valence-electron chi connectivity index (χ2n) is 7.58. The number of rotatable bonds is 7. The molecular formula is C21H23N3O4S2. The Balaban J connectivity index is 1.30. The fourth-order valence-corrected chi connectivity index (χ4v) is 6.23. The lowest BCUT2D eigenvalue weighted by Gasteiger charge is -2.16. The first-order chi connectivity index (χ1) is 14.4. The van der Waals surface area contributed by atoms with Gasteiger partial charge >= 0.3 is 0 Å². The van der Waals surface area contributed by atoms with Gasteiger partial charge in [0.1, 0.15) is 0 Å². The molecule has 0 unspecified atom stereocenters. The molecule has 1 aliphatic heterocycles. The number of benzene rings is 2. The minimum Gasteiger partial charge on any atom is -0.416 e. The summed E-state index contributed by atoms with van der Waals surface area (Å²) in [5.74, 6) is 0.882. The predicted molar refractivity (Wildman–Crippen MR) is 116 cm³/mol. The van der Waals surface area contributed by atoms with Crippen LogP contribution in [0.4, 0.5) is 0 Å². The number of hydrogen-bond donors (Lipinski definition) is 1. The van der Waals surface area contributed by atoms with Crippen molar-refractivity contribution in [1.82, 2.24) is 15.5 Å². The van der Waals surface area contributed by atoms with Gasteiger partial charge in [0.25, 0.3) is 5.22 Å². The molecule has 4 rings (SSSR count). The number of nitrogens with zero attached hydrogens (tertiary/aromatic N) is 2. The Hall–Kier alpha value is -2.39. The van der Waals surface area contributed by atoms with E-state index >= 15 is 0 Å². The van der Waals surface area contributed by atoms with Gasteiger partial charge < -0.3 is 9.73 Å². The van der Waals surface area contributed by atoms with Gasteiger partial charge in [-0.1, -0.05) is 54.2 Å². The van der Waals surface area contributed by atoms with Crippen LogP contribution < -0.4 is 5.32 Å². The van der Waals surface area contributed by atoms with Gasteiger partial charge in [-0.25, -0.2) is 8.42 Å². The lowest BCUT2D eigenvalue weighted by Crippen LogP contribution is -2.28. The average molecular weight is 446 g/mol. The number of carbonyl (C=O) groups is 1. The summed E-state index contributed by atoms with van der Waals surface area (Å²) in [7, 11) is -2.93. The Kier molecular flexibility index (Phi) is 6.10. The van der Waals surface area contributed by atoms with E-state index in [1.165, 1.54) is 11.8 Å². The highest BCUT2D eigenvalue weighted by molar-refractivity contribution is 7.99. The molecule has 0 bridgehead atoms. The maximum atomic E-state index is 12.4. The number of nitrogens with one attached hydrogen (secondary N) is 1. The van der Waals surface area contributed by atoms with E-state index in [1.54, 1.807) is 0 Å². The minimum atomic E-state index is -2.93. The predicted octanol–water partition coefficient (Wildman–Crippen LogP) is 3.17. The third kappa shape index (κ3) is 5.02. The molecule has 2 atom stereocenters. The molecule has 0 radical (unpaired) electrons. The van der Waals surface area contributed by atoms with Crippen molar-refractivity contribution in [1.29, 1.82) is 0 Å². The van der Waals surface area contributed by atoms with E-state index in [0.29, 0.717) is 24.0 Å². The Bertz CT molecular complexity index is 1150. The number of aromatic nitrogens is 2. The summed E-state index contributed by atoms with van der Waals surface area (Å²) in [4.78, 5) is 12.4. The van der Waals surface area contributed by atoms with Gasteiger partial charge in [-0.05, 0) is 35.6 Å². The molecule has 1 aromatic heterocycles. The van der Waals surface area contributed by atoms with Gasteiger partial charge in [0.2, 0.25) is 11.8 Å². The van der Waals surface area contributed by atoms with E-state index in [9.17, 15) is 13.2 Å². The molecule has 7 nitrogen and oxygen atoms in total. The number of hydrogen-bond acceptors (Lipinski definition) is 7. The topological polar surface area (TPSA) is 102 Å². The first-order valence-corrected chi connectivity index (χ1v) is 12.6. The zero-order valence-corrected chi connectivity index (χ0v) is 18.2. The van der Waals surface area contributed by atoms with Crippen LogP contribution in [0, 0.1) is 5.92 Å². The molecule has 0 saturated carbocycles. The highest BCUT2D eigenvalue weighted by Crippen LogP contribution is 2.25. The summed E-state index contributed by atoms with van der Waals surface area (Å²) in [5, 5.41) is 13.5. The second kappa shape index (κ2) is 8.77. The highest BCUT2D eigenvalue weighted by atomic mass is 32.2. The number of fused-ring (bicyclic) bond motifs is 1. The molecule has 1 aliphatic rings. The van der Waals surface area contributed by atoms with Crippen molar-refractivity contribution in [2.45, 2.75) is 31.0 Å². The lowest BCUT2D eigenvalue weighted by atomic mass is 10.00. The smallest absolute Gasteiger partial charge is 0.277 e. The summed E-state index contributed by atoms with van der Waals surface area (Å²) in [6.45, 7) is 1.96. The summed E-state index contributed by atoms with van der Waals surface area (Å²) in [6, 6.07) is 14.0. The van der Waals surface area contributed by atoms with Crippen molar-refractivity contribution >= 4 is 38.3 Å². The lowest BCUT2D eigenvalue weighted by molar-refractivity contribution is -0.119. The van der Waals surface area contributed by atoms with E-state index in [-0.39, 0.29) is 35.1 Å². The average Bonchev–Trinajstić information content (AvgIpc) is 3.31. The fraction of sp³-hybridized carbons (Fsp3) is 0.381. The largest absolute Gasteiger partial charge is 0.416 e. The highest BCUT2D eigenvalue weighted by Gasteiger charge is 2.29. The molecule has 1 N–H and O–H groups in total. The van der Waals surface area contributed by atoms with E-state index in [1.807, 2.05) is 31.2 Å². The number of thioether (sulfide) groups is 1. The van der Waals surface area contributed by atoms with Crippen LogP contribution in [0.5, 0.6) is 0 Å². The third-order valence-electron chi connectivity index (χ3n) is 5.23. The van der Waals surface area contributed by atoms with E-state index < -0.39 is 9.84 Å². The molecule has 0 aliphatic carbocycles. The molecule has 1 fully saturated rings. The summed E-state index contributed by atoms with van der Waals surface area (Å²) < 4.78 is 28.7. The van der Waals surface area contributed by atoms with Crippen molar-refractivity contribution in [2.24, 2.45) is 5.92 Å². The van der Waals surface area contributed by atoms with Crippen LogP contribution in [-0.2, 0) is 21.1 Å². The van der Waals surface area contributed by atoms with E-state index in [4.69, 9.17) is 4.42 Å². The Labute approximate surface area is 179 Å². The molecule has 1 saturated heterocycles. The maximum absolute atomic E-state index is 12.4. The van der Waals surface area contributed by atoms with Crippen LogP contribution in [0.3, 0.4) is 0 Å². The molecule has 1 amide bonds. The van der Waals surface area contributed by atoms with Gasteiger partial charge in [-0.3, -0.25) is 4.79 Å². The van der Waals surface area contributed by atoms with Crippen molar-refractivity contribution in [3.05, 3.63) is 53.9 Å². The van der Waals surface area contributed by atoms with Gasteiger partial charge in [0.15, 0.2) is 9.84 Å². The van der Waals surface area contributed by atoms with E-state index in [2.05, 4.69) is 33.7 Å². The van der Waals surface area contributed by atoms with Gasteiger partial charge in [-0.15, -0.1) is 10.2 Å². The van der Waals surface area contributed by atoms with Crippen LogP contribution in [0.15, 0.2) is 52.1 Å². The fourth-order valence-electron chi connectivity index (χ4n) is 3.78. The van der Waals surface area contributed by atoms with Crippen molar-refractivity contribution in [3.8, 4) is 0 Å². The van der Waals surface area contributed by atoms with Gasteiger partial charge in [0.05, 0.1) is 23.3 Å². The van der Waals surface area contributed by atoms with Crippen molar-refractivity contribution in [3.63, 3.8) is 0 Å². The van der Waals surface area contributed by atoms with Crippen LogP contribution in [0.2, 0.25) is 0 Å². The quantitative estimate of drug-likeness (QED) is 0.557.